The van der Waals surface area contributed by atoms with E-state index in [9.17, 15) is 5.02 Å². The Hall–Kier alpha value is -2.65. The molecule has 3 rings (SSSR count). The van der Waals surface area contributed by atoms with Crippen LogP contribution in [0, 0.1) is 12.3 Å². The largest absolute Gasteiger partial charge is 0.492 e. The third-order valence-corrected chi connectivity index (χ3v) is 3.85. The number of hydrogen-bond acceptors (Lipinski definition) is 8. The van der Waals surface area contributed by atoms with Gasteiger partial charge in [-0.05, 0) is 42.6 Å². The third-order valence-electron chi connectivity index (χ3n) is 3.85. The van der Waals surface area contributed by atoms with E-state index in [2.05, 4.69) is 9.97 Å². The standard InChI is InChI=1S/C16H19BN4O4/c1-3-23-14(19)6-12-16-9(2)4-10(5-11(16)17(22)25-12)24-15-7-13(18)20-8-21-15/h4-5,7-8,12,19,22H,3,6H2,1-2H3,(H2,18,20,21). The fraction of sp³-hybridized carbons (Fsp3) is 0.312. The van der Waals surface area contributed by atoms with Gasteiger partial charge >= 0.3 is 7.12 Å². The highest BCUT2D eigenvalue weighted by molar-refractivity contribution is 6.62. The van der Waals surface area contributed by atoms with Gasteiger partial charge in [-0.25, -0.2) is 9.97 Å². The SMILES string of the molecule is CCOC(=N)CC1OB(O)c2cc(Oc3cc(N)ncn3)cc(C)c21. The van der Waals surface area contributed by atoms with Crippen LogP contribution in [-0.2, 0) is 9.39 Å². The summed E-state index contributed by atoms with van der Waals surface area (Å²) >= 11 is 0. The zero-order valence-corrected chi connectivity index (χ0v) is 14.0. The number of nitrogens with zero attached hydrogens (tertiary/aromatic N) is 2. The molecular weight excluding hydrogens is 323 g/mol. The summed E-state index contributed by atoms with van der Waals surface area (Å²) in [5.41, 5.74) is 7.98. The maximum atomic E-state index is 10.2. The second kappa shape index (κ2) is 7.08. The van der Waals surface area contributed by atoms with E-state index in [0.717, 1.165) is 11.1 Å². The van der Waals surface area contributed by atoms with Gasteiger partial charge in [0.05, 0.1) is 19.1 Å². The number of fused-ring (bicyclic) bond motifs is 1. The number of ether oxygens (including phenoxy) is 2. The lowest BCUT2D eigenvalue weighted by molar-refractivity contribution is 0.185. The van der Waals surface area contributed by atoms with Crippen LogP contribution in [-0.4, -0.2) is 34.6 Å². The first-order chi connectivity index (χ1) is 12.0. The number of aryl methyl sites for hydroxylation is 1. The van der Waals surface area contributed by atoms with Gasteiger partial charge in [0.25, 0.3) is 0 Å². The number of benzene rings is 1. The smallest absolute Gasteiger partial charge is 0.481 e. The molecule has 1 aliphatic heterocycles. The second-order valence-corrected chi connectivity index (χ2v) is 5.66. The molecule has 2 aromatic rings. The molecule has 0 saturated carbocycles. The van der Waals surface area contributed by atoms with Crippen molar-refractivity contribution in [3.63, 3.8) is 0 Å². The molecule has 8 nitrogen and oxygen atoms in total. The van der Waals surface area contributed by atoms with E-state index in [4.69, 9.17) is 25.3 Å². The summed E-state index contributed by atoms with van der Waals surface area (Å²) in [4.78, 5) is 7.82. The van der Waals surface area contributed by atoms with Crippen molar-refractivity contribution in [1.29, 1.82) is 5.41 Å². The van der Waals surface area contributed by atoms with Crippen molar-refractivity contribution in [2.24, 2.45) is 0 Å². The average molecular weight is 342 g/mol. The number of nitrogen functional groups attached to an aromatic ring is 1. The zero-order chi connectivity index (χ0) is 18.0. The molecule has 0 amide bonds. The number of anilines is 1. The molecule has 0 aliphatic carbocycles. The summed E-state index contributed by atoms with van der Waals surface area (Å²) in [6, 6.07) is 5.05. The quantitative estimate of drug-likeness (QED) is 0.425. The average Bonchev–Trinajstić information content (AvgIpc) is 2.84. The van der Waals surface area contributed by atoms with Crippen molar-refractivity contribution in [3.8, 4) is 11.6 Å². The molecule has 1 aromatic carbocycles. The zero-order valence-electron chi connectivity index (χ0n) is 14.0. The summed E-state index contributed by atoms with van der Waals surface area (Å²) < 4.78 is 16.5. The van der Waals surface area contributed by atoms with Gasteiger partial charge in [0.2, 0.25) is 5.88 Å². The van der Waals surface area contributed by atoms with Gasteiger partial charge in [0.15, 0.2) is 5.90 Å². The predicted molar refractivity (Wildman–Crippen MR) is 93.1 cm³/mol. The maximum Gasteiger partial charge on any atom is 0.492 e. The highest BCUT2D eigenvalue weighted by atomic mass is 16.5. The summed E-state index contributed by atoms with van der Waals surface area (Å²) in [6.07, 6.45) is 1.16. The predicted octanol–water partition coefficient (Wildman–Crippen LogP) is 1.32. The van der Waals surface area contributed by atoms with Gasteiger partial charge in [0, 0.05) is 6.07 Å². The van der Waals surface area contributed by atoms with Crippen molar-refractivity contribution >= 4 is 24.3 Å². The lowest BCUT2D eigenvalue weighted by Crippen LogP contribution is -2.28. The molecule has 1 aliphatic rings. The van der Waals surface area contributed by atoms with E-state index in [1.54, 1.807) is 6.07 Å². The van der Waals surface area contributed by atoms with Crippen molar-refractivity contribution < 1.29 is 19.2 Å². The van der Waals surface area contributed by atoms with Crippen LogP contribution in [0.4, 0.5) is 5.82 Å². The molecule has 25 heavy (non-hydrogen) atoms. The minimum Gasteiger partial charge on any atom is -0.481 e. The molecule has 4 N–H and O–H groups in total. The number of nitrogens with two attached hydrogens (primary N) is 1. The van der Waals surface area contributed by atoms with Crippen molar-refractivity contribution in [2.75, 3.05) is 12.3 Å². The fourth-order valence-corrected chi connectivity index (χ4v) is 2.87. The number of rotatable bonds is 5. The molecule has 0 fully saturated rings. The first-order valence-corrected chi connectivity index (χ1v) is 7.91. The molecule has 0 saturated heterocycles. The second-order valence-electron chi connectivity index (χ2n) is 5.66. The maximum absolute atomic E-state index is 10.2. The molecule has 1 atom stereocenters. The van der Waals surface area contributed by atoms with E-state index >= 15 is 0 Å². The Bertz CT molecular complexity index is 802. The first-order valence-electron chi connectivity index (χ1n) is 7.91. The lowest BCUT2D eigenvalue weighted by atomic mass is 9.77. The molecule has 0 spiro atoms. The van der Waals surface area contributed by atoms with Crippen LogP contribution < -0.4 is 15.9 Å². The summed E-state index contributed by atoms with van der Waals surface area (Å²) in [7, 11) is -1.08. The normalized spacial score (nSPS) is 15.8. The molecule has 130 valence electrons. The molecule has 2 heterocycles. The van der Waals surface area contributed by atoms with Crippen molar-refractivity contribution in [2.45, 2.75) is 26.4 Å². The Morgan fingerprint density at radius 2 is 2.20 bits per heavy atom. The van der Waals surface area contributed by atoms with Crippen molar-refractivity contribution in [3.05, 3.63) is 35.7 Å². The van der Waals surface area contributed by atoms with Gasteiger partial charge in [0.1, 0.15) is 17.9 Å². The summed E-state index contributed by atoms with van der Waals surface area (Å²) in [6.45, 7) is 4.15. The Kier molecular flexibility index (Phi) is 4.87. The Morgan fingerprint density at radius 1 is 1.40 bits per heavy atom. The van der Waals surface area contributed by atoms with Crippen LogP contribution in [0.3, 0.4) is 0 Å². The van der Waals surface area contributed by atoms with Crippen LogP contribution in [0.25, 0.3) is 0 Å². The highest BCUT2D eigenvalue weighted by Crippen LogP contribution is 2.33. The third kappa shape index (κ3) is 3.72. The van der Waals surface area contributed by atoms with Gasteiger partial charge < -0.3 is 24.9 Å². The first kappa shape index (κ1) is 17.2. The van der Waals surface area contributed by atoms with E-state index in [1.807, 2.05) is 19.9 Å². The molecular formula is C16H19BN4O4. The van der Waals surface area contributed by atoms with E-state index in [1.165, 1.54) is 12.4 Å². The lowest BCUT2D eigenvalue weighted by Gasteiger charge is -2.15. The topological polar surface area (TPSA) is 124 Å². The van der Waals surface area contributed by atoms with Gasteiger partial charge in [-0.1, -0.05) is 0 Å². The van der Waals surface area contributed by atoms with Crippen LogP contribution in [0.15, 0.2) is 24.5 Å². The Balaban J connectivity index is 1.86. The van der Waals surface area contributed by atoms with Crippen LogP contribution in [0.2, 0.25) is 0 Å². The van der Waals surface area contributed by atoms with Crippen LogP contribution in [0.5, 0.6) is 11.6 Å². The molecule has 9 heteroatoms. The molecule has 0 bridgehead atoms. The van der Waals surface area contributed by atoms with Gasteiger partial charge in [-0.15, -0.1) is 0 Å². The number of aromatic nitrogens is 2. The van der Waals surface area contributed by atoms with E-state index < -0.39 is 13.2 Å². The summed E-state index contributed by atoms with van der Waals surface area (Å²) in [5, 5.41) is 18.0. The van der Waals surface area contributed by atoms with E-state index in [0.29, 0.717) is 29.5 Å². The molecule has 1 aromatic heterocycles. The number of hydrogen-bond donors (Lipinski definition) is 3. The molecule has 1 unspecified atom stereocenters. The monoisotopic (exact) mass is 342 g/mol. The van der Waals surface area contributed by atoms with Crippen LogP contribution >= 0.6 is 0 Å². The minimum atomic E-state index is -1.08. The Labute approximate surface area is 145 Å². The Morgan fingerprint density at radius 3 is 2.92 bits per heavy atom. The van der Waals surface area contributed by atoms with Crippen LogP contribution in [0.1, 0.15) is 30.6 Å². The summed E-state index contributed by atoms with van der Waals surface area (Å²) in [5.74, 6) is 1.26. The highest BCUT2D eigenvalue weighted by Gasteiger charge is 2.37. The minimum absolute atomic E-state index is 0.128. The fourth-order valence-electron chi connectivity index (χ4n) is 2.87. The van der Waals surface area contributed by atoms with Crippen molar-refractivity contribution in [1.82, 2.24) is 9.97 Å². The van der Waals surface area contributed by atoms with E-state index in [-0.39, 0.29) is 12.3 Å². The van der Waals surface area contributed by atoms with Gasteiger partial charge in [-0.3, -0.25) is 5.41 Å². The van der Waals surface area contributed by atoms with Gasteiger partial charge in [-0.2, -0.15) is 0 Å². The molecule has 0 radical (unpaired) electrons. The number of nitrogens with one attached hydrogen (secondary N) is 1.